The SMILES string of the molecule is ClC(Cl)(Cl)C1=c2c3c(c4c(c2=CCC1)=CCCC=4)=CCCC=3.O. The van der Waals surface area contributed by atoms with E-state index in [1.165, 1.54) is 31.3 Å². The summed E-state index contributed by atoms with van der Waals surface area (Å²) in [5.41, 5.74) is 0.958. The molecule has 0 heterocycles. The summed E-state index contributed by atoms with van der Waals surface area (Å²) >= 11 is 18.9. The third kappa shape index (κ3) is 2.78. The summed E-state index contributed by atoms with van der Waals surface area (Å²) in [5.74, 6) is 0. The predicted octanol–water partition coefficient (Wildman–Crippen LogP) is 0.667. The van der Waals surface area contributed by atoms with Gasteiger partial charge >= 0.3 is 0 Å². The molecule has 0 amide bonds. The third-order valence-corrected chi connectivity index (χ3v) is 5.50. The van der Waals surface area contributed by atoms with Crippen LogP contribution in [-0.4, -0.2) is 9.27 Å². The quantitative estimate of drug-likeness (QED) is 0.602. The van der Waals surface area contributed by atoms with Crippen LogP contribution in [0.4, 0.5) is 0 Å². The first-order valence-corrected chi connectivity index (χ1v) is 9.04. The van der Waals surface area contributed by atoms with E-state index in [-0.39, 0.29) is 5.48 Å². The Bertz CT molecular complexity index is 956. The van der Waals surface area contributed by atoms with Crippen LogP contribution >= 0.6 is 34.8 Å². The van der Waals surface area contributed by atoms with Crippen molar-refractivity contribution in [1.82, 2.24) is 0 Å². The van der Waals surface area contributed by atoms with E-state index in [9.17, 15) is 0 Å². The summed E-state index contributed by atoms with van der Waals surface area (Å²) < 4.78 is -1.32. The molecule has 0 bridgehead atoms. The minimum Gasteiger partial charge on any atom is -0.412 e. The van der Waals surface area contributed by atoms with Crippen LogP contribution in [0.25, 0.3) is 36.0 Å². The number of alkyl halides is 3. The molecule has 0 unspecified atom stereocenters. The van der Waals surface area contributed by atoms with Crippen molar-refractivity contribution in [3.8, 4) is 0 Å². The lowest BCUT2D eigenvalue weighted by Gasteiger charge is -2.20. The molecule has 1 aromatic rings. The van der Waals surface area contributed by atoms with Crippen molar-refractivity contribution in [1.29, 1.82) is 0 Å². The number of halogens is 3. The fourth-order valence-electron chi connectivity index (χ4n) is 3.94. The van der Waals surface area contributed by atoms with Gasteiger partial charge in [0.1, 0.15) is 0 Å². The van der Waals surface area contributed by atoms with Gasteiger partial charge in [-0.2, -0.15) is 0 Å². The van der Waals surface area contributed by atoms with Gasteiger partial charge in [-0.05, 0) is 75.4 Å². The Morgan fingerprint density at radius 3 is 1.48 bits per heavy atom. The smallest absolute Gasteiger partial charge is 0.213 e. The zero-order chi connectivity index (χ0) is 15.3. The van der Waals surface area contributed by atoms with E-state index in [0.29, 0.717) is 0 Å². The van der Waals surface area contributed by atoms with Crippen LogP contribution in [0.3, 0.4) is 0 Å². The molecular weight excluding hydrogens is 351 g/mol. The normalized spacial score (nSPS) is 18.5. The minimum atomic E-state index is -1.32. The number of hydrogen-bond acceptors (Lipinski definition) is 0. The molecule has 3 aliphatic rings. The van der Waals surface area contributed by atoms with Gasteiger partial charge in [-0.1, -0.05) is 65.2 Å². The van der Waals surface area contributed by atoms with Gasteiger partial charge in [-0.15, -0.1) is 0 Å². The fourth-order valence-corrected chi connectivity index (χ4v) is 4.51. The van der Waals surface area contributed by atoms with Gasteiger partial charge in [0.05, 0.1) is 0 Å². The fraction of sp³-hybridized carbons (Fsp3) is 0.368. The molecular formula is C19H19Cl3O. The molecule has 4 heteroatoms. The van der Waals surface area contributed by atoms with Crippen molar-refractivity contribution >= 4 is 70.8 Å². The van der Waals surface area contributed by atoms with Gasteiger partial charge in [0.15, 0.2) is 0 Å². The molecule has 3 aliphatic carbocycles. The maximum absolute atomic E-state index is 6.30. The Balaban J connectivity index is 0.00000156. The molecule has 0 aliphatic heterocycles. The lowest BCUT2D eigenvalue weighted by atomic mass is 9.91. The van der Waals surface area contributed by atoms with Gasteiger partial charge in [0.2, 0.25) is 3.79 Å². The molecule has 1 aromatic carbocycles. The van der Waals surface area contributed by atoms with Crippen LogP contribution in [0, 0.1) is 0 Å². The first-order chi connectivity index (χ1) is 10.6. The van der Waals surface area contributed by atoms with Crippen LogP contribution < -0.4 is 31.3 Å². The van der Waals surface area contributed by atoms with E-state index in [2.05, 4.69) is 30.4 Å². The number of benzene rings is 1. The van der Waals surface area contributed by atoms with E-state index < -0.39 is 3.79 Å². The van der Waals surface area contributed by atoms with Crippen LogP contribution in [0.5, 0.6) is 0 Å². The Hall–Kier alpha value is -0.730. The number of rotatable bonds is 0. The highest BCUT2D eigenvalue weighted by Gasteiger charge is 2.28. The predicted molar refractivity (Wildman–Crippen MR) is 102 cm³/mol. The Kier molecular flexibility index (Phi) is 4.68. The molecule has 2 N–H and O–H groups in total. The second-order valence-corrected chi connectivity index (χ2v) is 8.41. The summed E-state index contributed by atoms with van der Waals surface area (Å²) in [7, 11) is 0. The van der Waals surface area contributed by atoms with E-state index in [0.717, 1.165) is 44.1 Å². The van der Waals surface area contributed by atoms with E-state index in [1.54, 1.807) is 0 Å². The largest absolute Gasteiger partial charge is 0.412 e. The van der Waals surface area contributed by atoms with Crippen molar-refractivity contribution in [3.05, 3.63) is 31.3 Å². The monoisotopic (exact) mass is 368 g/mol. The van der Waals surface area contributed by atoms with Gasteiger partial charge < -0.3 is 5.48 Å². The van der Waals surface area contributed by atoms with Crippen molar-refractivity contribution < 1.29 is 5.48 Å². The standard InChI is InChI=1S/C19H17Cl3.H2O/c20-19(21,22)17-11-5-10-16-14-7-2-1-6-12(14)13-8-3-4-9-15(13)18(16)17;/h6-10H,1-5,11H2;1H2. The molecule has 1 nitrogen and oxygen atoms in total. The second-order valence-electron chi connectivity index (χ2n) is 6.13. The highest BCUT2D eigenvalue weighted by molar-refractivity contribution is 6.72. The van der Waals surface area contributed by atoms with E-state index in [1.807, 2.05) is 0 Å². The molecule has 0 fully saturated rings. The van der Waals surface area contributed by atoms with Gasteiger partial charge in [0, 0.05) is 0 Å². The highest BCUT2D eigenvalue weighted by atomic mass is 35.6. The average Bonchev–Trinajstić information content (AvgIpc) is 2.54. The Morgan fingerprint density at radius 2 is 1.00 bits per heavy atom. The molecule has 23 heavy (non-hydrogen) atoms. The minimum absolute atomic E-state index is 0. The lowest BCUT2D eigenvalue weighted by molar-refractivity contribution is 0.824. The van der Waals surface area contributed by atoms with Crippen LogP contribution in [0.1, 0.15) is 38.5 Å². The highest BCUT2D eigenvalue weighted by Crippen LogP contribution is 2.37. The van der Waals surface area contributed by atoms with Gasteiger partial charge in [-0.25, -0.2) is 0 Å². The zero-order valence-electron chi connectivity index (χ0n) is 12.8. The Labute approximate surface area is 149 Å². The van der Waals surface area contributed by atoms with Gasteiger partial charge in [-0.3, -0.25) is 0 Å². The van der Waals surface area contributed by atoms with Crippen LogP contribution in [-0.2, 0) is 0 Å². The van der Waals surface area contributed by atoms with Gasteiger partial charge in [0.25, 0.3) is 0 Å². The molecule has 0 radical (unpaired) electrons. The number of fused-ring (bicyclic) bond motifs is 6. The summed E-state index contributed by atoms with van der Waals surface area (Å²) in [6.07, 6.45) is 17.9. The van der Waals surface area contributed by atoms with E-state index >= 15 is 0 Å². The third-order valence-electron chi connectivity index (χ3n) is 4.81. The Morgan fingerprint density at radius 1 is 0.609 bits per heavy atom. The summed E-state index contributed by atoms with van der Waals surface area (Å²) in [5, 5.41) is 7.82. The van der Waals surface area contributed by atoms with Crippen molar-refractivity contribution in [3.63, 3.8) is 0 Å². The average molecular weight is 370 g/mol. The molecule has 122 valence electrons. The molecule has 0 saturated carbocycles. The maximum atomic E-state index is 6.30. The molecule has 0 saturated heterocycles. The van der Waals surface area contributed by atoms with Crippen LogP contribution in [0.15, 0.2) is 0 Å². The molecule has 4 rings (SSSR count). The topological polar surface area (TPSA) is 31.5 Å². The van der Waals surface area contributed by atoms with Crippen molar-refractivity contribution in [2.24, 2.45) is 0 Å². The summed E-state index contributed by atoms with van der Waals surface area (Å²) in [6.45, 7) is 0. The first-order valence-electron chi connectivity index (χ1n) is 7.91. The van der Waals surface area contributed by atoms with Crippen molar-refractivity contribution in [2.75, 3.05) is 0 Å². The molecule has 0 atom stereocenters. The van der Waals surface area contributed by atoms with E-state index in [4.69, 9.17) is 34.8 Å². The molecule has 0 aromatic heterocycles. The number of hydrogen-bond donors (Lipinski definition) is 0. The van der Waals surface area contributed by atoms with Crippen molar-refractivity contribution in [2.45, 2.75) is 42.3 Å². The van der Waals surface area contributed by atoms with Crippen LogP contribution in [0.2, 0.25) is 0 Å². The first kappa shape index (κ1) is 17.1. The lowest BCUT2D eigenvalue weighted by Crippen LogP contribution is -2.67. The summed E-state index contributed by atoms with van der Waals surface area (Å²) in [6, 6.07) is 0. The molecule has 0 spiro atoms. The second kappa shape index (κ2) is 6.29. The maximum Gasteiger partial charge on any atom is 0.213 e. The zero-order valence-corrected chi connectivity index (χ0v) is 15.0. The summed E-state index contributed by atoms with van der Waals surface area (Å²) in [4.78, 5) is 0.